The van der Waals surface area contributed by atoms with Crippen molar-refractivity contribution in [2.75, 3.05) is 18.1 Å². The second kappa shape index (κ2) is 11.8. The first-order valence-corrected chi connectivity index (χ1v) is 18.6. The molecule has 1 aliphatic heterocycles. The lowest BCUT2D eigenvalue weighted by molar-refractivity contribution is 0.0905. The standard InChI is InChI=1S/C34H41N5O2Si/c1-25-19-33(37(2)36-25)28-12-14-32-31(21-28)35-34(39(32)24-40-17-18-42(3,4)5)38-16-15-27-11-13-30(20-29(27)22-38)41-23-26-9-7-6-8-10-26/h6-14,19-21H,15-18,22-24H2,1-5H3. The van der Waals surface area contributed by atoms with E-state index in [1.165, 1.54) is 16.7 Å². The Hall–Kier alpha value is -3.88. The molecule has 2 aromatic heterocycles. The largest absolute Gasteiger partial charge is 0.489 e. The van der Waals surface area contributed by atoms with Crippen molar-refractivity contribution < 1.29 is 9.47 Å². The van der Waals surface area contributed by atoms with E-state index < -0.39 is 8.07 Å². The zero-order chi connectivity index (χ0) is 29.3. The van der Waals surface area contributed by atoms with E-state index in [-0.39, 0.29) is 0 Å². The van der Waals surface area contributed by atoms with E-state index in [4.69, 9.17) is 14.5 Å². The van der Waals surface area contributed by atoms with Gasteiger partial charge in [0.15, 0.2) is 0 Å². The summed E-state index contributed by atoms with van der Waals surface area (Å²) in [6, 6.07) is 26.6. The van der Waals surface area contributed by atoms with Crippen LogP contribution in [0.15, 0.2) is 72.8 Å². The van der Waals surface area contributed by atoms with Crippen LogP contribution < -0.4 is 9.64 Å². The summed E-state index contributed by atoms with van der Waals surface area (Å²) in [6.45, 7) is 12.7. The second-order valence-corrected chi connectivity index (χ2v) is 18.2. The molecule has 42 heavy (non-hydrogen) atoms. The lowest BCUT2D eigenvalue weighted by Crippen LogP contribution is -2.33. The fraction of sp³-hybridized carbons (Fsp3) is 0.353. The van der Waals surface area contributed by atoms with Gasteiger partial charge >= 0.3 is 0 Å². The van der Waals surface area contributed by atoms with Gasteiger partial charge in [-0.15, -0.1) is 0 Å². The van der Waals surface area contributed by atoms with Crippen LogP contribution in [0.3, 0.4) is 0 Å². The smallest absolute Gasteiger partial charge is 0.208 e. The van der Waals surface area contributed by atoms with Gasteiger partial charge in [0.05, 0.1) is 22.4 Å². The molecule has 0 amide bonds. The van der Waals surface area contributed by atoms with E-state index in [0.29, 0.717) is 13.3 Å². The third-order valence-electron chi connectivity index (χ3n) is 7.96. The average molecular weight is 580 g/mol. The molecule has 0 atom stereocenters. The predicted molar refractivity (Wildman–Crippen MR) is 173 cm³/mol. The Morgan fingerprint density at radius 2 is 1.76 bits per heavy atom. The second-order valence-electron chi connectivity index (χ2n) is 12.6. The first-order valence-electron chi connectivity index (χ1n) is 14.9. The highest BCUT2D eigenvalue weighted by Gasteiger charge is 2.24. The summed E-state index contributed by atoms with van der Waals surface area (Å²) in [4.78, 5) is 7.60. The maximum Gasteiger partial charge on any atom is 0.208 e. The van der Waals surface area contributed by atoms with Crippen molar-refractivity contribution in [2.45, 2.75) is 58.9 Å². The third kappa shape index (κ3) is 6.29. The summed E-state index contributed by atoms with van der Waals surface area (Å²) < 4.78 is 16.6. The van der Waals surface area contributed by atoms with Crippen LogP contribution in [0.5, 0.6) is 5.75 Å². The molecule has 0 unspecified atom stereocenters. The molecule has 0 bridgehead atoms. The summed E-state index contributed by atoms with van der Waals surface area (Å²) in [6.07, 6.45) is 0.966. The molecule has 0 saturated carbocycles. The van der Waals surface area contributed by atoms with E-state index in [1.54, 1.807) is 0 Å². The highest BCUT2D eigenvalue weighted by Crippen LogP contribution is 2.32. The number of aryl methyl sites for hydroxylation is 2. The van der Waals surface area contributed by atoms with Gasteiger partial charge in [0.2, 0.25) is 5.95 Å². The van der Waals surface area contributed by atoms with E-state index in [1.807, 2.05) is 36.9 Å². The van der Waals surface area contributed by atoms with Crippen molar-refractivity contribution in [3.8, 4) is 17.0 Å². The minimum absolute atomic E-state index is 0.490. The van der Waals surface area contributed by atoms with Crippen LogP contribution in [0, 0.1) is 6.92 Å². The highest BCUT2D eigenvalue weighted by molar-refractivity contribution is 6.76. The van der Waals surface area contributed by atoms with Crippen LogP contribution in [-0.4, -0.2) is 40.6 Å². The average Bonchev–Trinajstić information content (AvgIpc) is 3.51. The predicted octanol–water partition coefficient (Wildman–Crippen LogP) is 7.20. The molecule has 8 heteroatoms. The van der Waals surface area contributed by atoms with Crippen molar-refractivity contribution in [3.63, 3.8) is 0 Å². The maximum absolute atomic E-state index is 6.29. The minimum Gasteiger partial charge on any atom is -0.489 e. The molecule has 0 saturated heterocycles. The number of fused-ring (bicyclic) bond motifs is 2. The topological polar surface area (TPSA) is 57.3 Å². The molecule has 0 radical (unpaired) electrons. The van der Waals surface area contributed by atoms with E-state index in [0.717, 1.165) is 71.8 Å². The number of hydrogen-bond donors (Lipinski definition) is 0. The van der Waals surface area contributed by atoms with Crippen LogP contribution in [0.25, 0.3) is 22.3 Å². The van der Waals surface area contributed by atoms with Crippen molar-refractivity contribution >= 4 is 25.1 Å². The lowest BCUT2D eigenvalue weighted by Gasteiger charge is -2.30. The Balaban J connectivity index is 1.28. The van der Waals surface area contributed by atoms with Gasteiger partial charge in [-0.1, -0.05) is 62.1 Å². The fourth-order valence-corrected chi connectivity index (χ4v) is 6.35. The Kier molecular flexibility index (Phi) is 7.92. The monoisotopic (exact) mass is 579 g/mol. The summed E-state index contributed by atoms with van der Waals surface area (Å²) >= 11 is 0. The Bertz CT molecular complexity index is 1690. The third-order valence-corrected chi connectivity index (χ3v) is 9.67. The summed E-state index contributed by atoms with van der Waals surface area (Å²) in [5.41, 5.74) is 9.11. The number of anilines is 1. The van der Waals surface area contributed by atoms with Gasteiger partial charge in [0.25, 0.3) is 0 Å². The van der Waals surface area contributed by atoms with Crippen LogP contribution in [0.2, 0.25) is 25.7 Å². The first-order chi connectivity index (χ1) is 20.2. The molecule has 0 N–H and O–H groups in total. The molecular weight excluding hydrogens is 538 g/mol. The summed E-state index contributed by atoms with van der Waals surface area (Å²) in [7, 11) is 0.811. The zero-order valence-electron chi connectivity index (χ0n) is 25.4. The molecule has 0 aliphatic carbocycles. The molecule has 218 valence electrons. The van der Waals surface area contributed by atoms with Gasteiger partial charge in [-0.3, -0.25) is 9.25 Å². The number of aromatic nitrogens is 4. The van der Waals surface area contributed by atoms with Gasteiger partial charge in [-0.2, -0.15) is 5.10 Å². The number of rotatable bonds is 10. The maximum atomic E-state index is 6.29. The Morgan fingerprint density at radius 3 is 2.52 bits per heavy atom. The van der Waals surface area contributed by atoms with Crippen molar-refractivity contribution in [2.24, 2.45) is 7.05 Å². The van der Waals surface area contributed by atoms with Crippen molar-refractivity contribution in [3.05, 3.63) is 95.2 Å². The number of imidazole rings is 1. The van der Waals surface area contributed by atoms with Gasteiger partial charge in [0, 0.05) is 40.4 Å². The molecule has 3 heterocycles. The molecule has 1 aliphatic rings. The molecule has 6 rings (SSSR count). The van der Waals surface area contributed by atoms with E-state index in [2.05, 4.69) is 88.8 Å². The number of hydrogen-bond acceptors (Lipinski definition) is 5. The normalized spacial score (nSPS) is 13.5. The fourth-order valence-electron chi connectivity index (χ4n) is 5.59. The first kappa shape index (κ1) is 28.2. The molecular formula is C34H41N5O2Si. The lowest BCUT2D eigenvalue weighted by atomic mass is 10.00. The van der Waals surface area contributed by atoms with E-state index in [9.17, 15) is 0 Å². The molecule has 3 aromatic carbocycles. The van der Waals surface area contributed by atoms with Crippen LogP contribution in [-0.2, 0) is 38.1 Å². The summed E-state index contributed by atoms with van der Waals surface area (Å²) in [5, 5.41) is 4.55. The number of benzene rings is 3. The molecule has 5 aromatic rings. The molecule has 0 spiro atoms. The highest BCUT2D eigenvalue weighted by atomic mass is 28.3. The van der Waals surface area contributed by atoms with Gasteiger partial charge in [0.1, 0.15) is 19.1 Å². The summed E-state index contributed by atoms with van der Waals surface area (Å²) in [5.74, 6) is 1.86. The quantitative estimate of drug-likeness (QED) is 0.129. The van der Waals surface area contributed by atoms with Gasteiger partial charge in [-0.05, 0) is 66.4 Å². The van der Waals surface area contributed by atoms with Crippen molar-refractivity contribution in [1.82, 2.24) is 19.3 Å². The SMILES string of the molecule is Cc1cc(-c2ccc3c(c2)nc(N2CCc4ccc(OCc5ccccc5)cc4C2)n3COCC[Si](C)(C)C)n(C)n1. The molecule has 7 nitrogen and oxygen atoms in total. The zero-order valence-corrected chi connectivity index (χ0v) is 26.4. The van der Waals surface area contributed by atoms with Crippen molar-refractivity contribution in [1.29, 1.82) is 0 Å². The Labute approximate surface area is 249 Å². The Morgan fingerprint density at radius 1 is 0.929 bits per heavy atom. The van der Waals surface area contributed by atoms with E-state index >= 15 is 0 Å². The van der Waals surface area contributed by atoms with Crippen LogP contribution in [0.1, 0.15) is 22.4 Å². The molecule has 0 fully saturated rings. The number of ether oxygens (including phenoxy) is 2. The van der Waals surface area contributed by atoms with Crippen LogP contribution >= 0.6 is 0 Å². The van der Waals surface area contributed by atoms with Crippen LogP contribution in [0.4, 0.5) is 5.95 Å². The van der Waals surface area contributed by atoms with Gasteiger partial charge < -0.3 is 14.4 Å². The minimum atomic E-state index is -1.18. The number of nitrogens with zero attached hydrogens (tertiary/aromatic N) is 5. The van der Waals surface area contributed by atoms with Gasteiger partial charge in [-0.25, -0.2) is 4.98 Å².